The van der Waals surface area contributed by atoms with Crippen molar-refractivity contribution in [1.29, 1.82) is 0 Å². The lowest BCUT2D eigenvalue weighted by Crippen LogP contribution is -2.44. The minimum absolute atomic E-state index is 0.237. The van der Waals surface area contributed by atoms with Crippen LogP contribution in [0.2, 0.25) is 0 Å². The fourth-order valence-corrected chi connectivity index (χ4v) is 2.19. The molecule has 1 aliphatic rings. The van der Waals surface area contributed by atoms with Crippen LogP contribution in [0, 0.1) is 12.5 Å². The molecule has 1 atom stereocenters. The lowest BCUT2D eigenvalue weighted by atomic mass is 9.99. The van der Waals surface area contributed by atoms with Crippen molar-refractivity contribution in [2.45, 2.75) is 12.8 Å². The Morgan fingerprint density at radius 2 is 2.05 bits per heavy atom. The number of benzene rings is 1. The molecule has 0 saturated carbocycles. The van der Waals surface area contributed by atoms with Gasteiger partial charge in [-0.2, -0.15) is 0 Å². The molecule has 6 heteroatoms. The van der Waals surface area contributed by atoms with Crippen molar-refractivity contribution in [3.8, 4) is 0 Å². The van der Waals surface area contributed by atoms with E-state index in [1.54, 1.807) is 24.3 Å². The highest BCUT2D eigenvalue weighted by Gasteiger charge is 2.28. The molecule has 20 heavy (non-hydrogen) atoms. The molecule has 0 spiro atoms. The molecule has 1 unspecified atom stereocenters. The van der Waals surface area contributed by atoms with E-state index in [1.807, 2.05) is 0 Å². The highest BCUT2D eigenvalue weighted by Crippen LogP contribution is 2.19. The van der Waals surface area contributed by atoms with Gasteiger partial charge < -0.3 is 15.3 Å². The summed E-state index contributed by atoms with van der Waals surface area (Å²) in [6.07, 6.45) is 1.31. The average Bonchev–Trinajstić information content (AvgIpc) is 2.48. The second-order valence-corrected chi connectivity index (χ2v) is 4.71. The number of nitrogens with one attached hydrogen (secondary N) is 1. The van der Waals surface area contributed by atoms with Crippen molar-refractivity contribution in [3.63, 3.8) is 0 Å². The SMILES string of the molecule is [C-]#[N+]c1ccc(NC(=O)N2CCCC(C(=O)O)C2)cc1. The largest absolute Gasteiger partial charge is 0.481 e. The normalized spacial score (nSPS) is 18.1. The molecule has 6 nitrogen and oxygen atoms in total. The van der Waals surface area contributed by atoms with Crippen molar-refractivity contribution in [1.82, 2.24) is 4.90 Å². The molecule has 1 aromatic carbocycles. The average molecular weight is 273 g/mol. The zero-order chi connectivity index (χ0) is 14.5. The van der Waals surface area contributed by atoms with Crippen LogP contribution in [-0.2, 0) is 4.79 Å². The maximum absolute atomic E-state index is 12.1. The molecule has 0 radical (unpaired) electrons. The number of aliphatic carboxylic acids is 1. The quantitative estimate of drug-likeness (QED) is 0.813. The Hall–Kier alpha value is -2.55. The minimum atomic E-state index is -0.857. The first kappa shape index (κ1) is 13.9. The molecule has 1 aliphatic heterocycles. The van der Waals surface area contributed by atoms with Crippen molar-refractivity contribution in [2.24, 2.45) is 5.92 Å². The number of carboxylic acids is 1. The molecule has 0 aromatic heterocycles. The Morgan fingerprint density at radius 3 is 2.65 bits per heavy atom. The second kappa shape index (κ2) is 6.06. The maximum Gasteiger partial charge on any atom is 0.321 e. The van der Waals surface area contributed by atoms with Gasteiger partial charge in [-0.1, -0.05) is 12.1 Å². The molecule has 1 heterocycles. The summed E-state index contributed by atoms with van der Waals surface area (Å²) in [5.41, 5.74) is 1.10. The van der Waals surface area contributed by atoms with Gasteiger partial charge in [0.2, 0.25) is 0 Å². The van der Waals surface area contributed by atoms with Crippen LogP contribution in [-0.4, -0.2) is 35.1 Å². The van der Waals surface area contributed by atoms with E-state index in [-0.39, 0.29) is 12.6 Å². The Morgan fingerprint density at radius 1 is 1.35 bits per heavy atom. The van der Waals surface area contributed by atoms with E-state index < -0.39 is 11.9 Å². The van der Waals surface area contributed by atoms with E-state index in [9.17, 15) is 9.59 Å². The molecule has 2 amide bonds. The van der Waals surface area contributed by atoms with Crippen LogP contribution in [0.3, 0.4) is 0 Å². The predicted molar refractivity (Wildman–Crippen MR) is 73.7 cm³/mol. The predicted octanol–water partition coefficient (Wildman–Crippen LogP) is 2.57. The number of anilines is 1. The summed E-state index contributed by atoms with van der Waals surface area (Å²) in [7, 11) is 0. The summed E-state index contributed by atoms with van der Waals surface area (Å²) in [4.78, 5) is 27.8. The van der Waals surface area contributed by atoms with Gasteiger partial charge in [0.25, 0.3) is 0 Å². The summed E-state index contributed by atoms with van der Waals surface area (Å²) >= 11 is 0. The van der Waals surface area contributed by atoms with E-state index in [2.05, 4.69) is 10.2 Å². The van der Waals surface area contributed by atoms with Crippen LogP contribution in [0.25, 0.3) is 4.85 Å². The maximum atomic E-state index is 12.1. The lowest BCUT2D eigenvalue weighted by Gasteiger charge is -2.30. The first-order chi connectivity index (χ1) is 9.60. The summed E-state index contributed by atoms with van der Waals surface area (Å²) < 4.78 is 0. The van der Waals surface area contributed by atoms with Gasteiger partial charge in [-0.3, -0.25) is 4.79 Å². The third-order valence-corrected chi connectivity index (χ3v) is 3.31. The van der Waals surface area contributed by atoms with Crippen molar-refractivity contribution >= 4 is 23.4 Å². The first-order valence-electron chi connectivity index (χ1n) is 6.36. The van der Waals surface area contributed by atoms with Crippen LogP contribution in [0.15, 0.2) is 24.3 Å². The number of carboxylic acid groups (broad SMARTS) is 1. The Bertz CT molecular complexity index is 548. The number of hydrogen-bond donors (Lipinski definition) is 2. The van der Waals surface area contributed by atoms with Gasteiger partial charge >= 0.3 is 12.0 Å². The van der Waals surface area contributed by atoms with Crippen molar-refractivity contribution in [3.05, 3.63) is 35.7 Å². The topological polar surface area (TPSA) is 74.0 Å². The summed E-state index contributed by atoms with van der Waals surface area (Å²) in [5, 5.41) is 11.7. The van der Waals surface area contributed by atoms with Gasteiger partial charge in [0.05, 0.1) is 12.5 Å². The fourth-order valence-electron chi connectivity index (χ4n) is 2.19. The third kappa shape index (κ3) is 3.26. The molecule has 0 bridgehead atoms. The Kier molecular flexibility index (Phi) is 4.20. The minimum Gasteiger partial charge on any atom is -0.481 e. The zero-order valence-electron chi connectivity index (χ0n) is 10.9. The number of carbonyl (C=O) groups excluding carboxylic acids is 1. The van der Waals surface area contributed by atoms with Gasteiger partial charge in [-0.05, 0) is 25.0 Å². The Balaban J connectivity index is 1.97. The standard InChI is InChI=1S/C14H15N3O3/c1-15-11-4-6-12(7-5-11)16-14(20)17-8-2-3-10(9-17)13(18)19/h4-7,10H,2-3,8-9H2,(H,16,20)(H,18,19). The summed E-state index contributed by atoms with van der Waals surface area (Å²) in [6, 6.07) is 6.26. The number of carbonyl (C=O) groups is 2. The molecule has 2 N–H and O–H groups in total. The first-order valence-corrected chi connectivity index (χ1v) is 6.36. The molecular weight excluding hydrogens is 258 g/mol. The highest BCUT2D eigenvalue weighted by atomic mass is 16.4. The van der Waals surface area contributed by atoms with Crippen LogP contribution in [0.1, 0.15) is 12.8 Å². The smallest absolute Gasteiger partial charge is 0.321 e. The van der Waals surface area contributed by atoms with Gasteiger partial charge in [0.1, 0.15) is 0 Å². The fraction of sp³-hybridized carbons (Fsp3) is 0.357. The molecule has 1 fully saturated rings. The Labute approximate surface area is 116 Å². The van der Waals surface area contributed by atoms with Gasteiger partial charge in [0.15, 0.2) is 5.69 Å². The van der Waals surface area contributed by atoms with Gasteiger partial charge in [-0.25, -0.2) is 9.64 Å². The number of hydrogen-bond acceptors (Lipinski definition) is 2. The summed E-state index contributed by atoms with van der Waals surface area (Å²) in [6.45, 7) is 7.65. The van der Waals surface area contributed by atoms with E-state index in [4.69, 9.17) is 11.7 Å². The van der Waals surface area contributed by atoms with Crippen LogP contribution >= 0.6 is 0 Å². The van der Waals surface area contributed by atoms with E-state index in [0.29, 0.717) is 30.8 Å². The van der Waals surface area contributed by atoms with E-state index in [0.717, 1.165) is 0 Å². The van der Waals surface area contributed by atoms with Gasteiger partial charge in [-0.15, -0.1) is 0 Å². The number of piperidine rings is 1. The number of nitrogens with zero attached hydrogens (tertiary/aromatic N) is 2. The number of rotatable bonds is 2. The molecule has 104 valence electrons. The third-order valence-electron chi connectivity index (χ3n) is 3.31. The van der Waals surface area contributed by atoms with Crippen LogP contribution in [0.4, 0.5) is 16.2 Å². The van der Waals surface area contributed by atoms with Crippen molar-refractivity contribution < 1.29 is 14.7 Å². The highest BCUT2D eigenvalue weighted by molar-refractivity contribution is 5.90. The number of amides is 2. The number of urea groups is 1. The van der Waals surface area contributed by atoms with Crippen LogP contribution < -0.4 is 5.32 Å². The molecule has 1 saturated heterocycles. The van der Waals surface area contributed by atoms with E-state index in [1.165, 1.54) is 4.90 Å². The molecule has 2 rings (SSSR count). The second-order valence-electron chi connectivity index (χ2n) is 4.71. The van der Waals surface area contributed by atoms with Gasteiger partial charge in [0, 0.05) is 18.8 Å². The molecule has 1 aromatic rings. The number of likely N-dealkylation sites (tertiary alicyclic amines) is 1. The van der Waals surface area contributed by atoms with Crippen molar-refractivity contribution in [2.75, 3.05) is 18.4 Å². The zero-order valence-corrected chi connectivity index (χ0v) is 10.9. The molecule has 0 aliphatic carbocycles. The lowest BCUT2D eigenvalue weighted by molar-refractivity contribution is -0.143. The summed E-state index contributed by atoms with van der Waals surface area (Å²) in [5.74, 6) is -1.34. The molecular formula is C14H15N3O3. The monoisotopic (exact) mass is 273 g/mol. The van der Waals surface area contributed by atoms with E-state index >= 15 is 0 Å². The van der Waals surface area contributed by atoms with Crippen LogP contribution in [0.5, 0.6) is 0 Å².